The number of nitrogens with one attached hydrogen (secondary N) is 1. The number of rotatable bonds is 4. The molecule has 2 heteroatoms. The molecule has 0 bridgehead atoms. The van der Waals surface area contributed by atoms with Crippen LogP contribution in [-0.2, 0) is 0 Å². The minimum Gasteiger partial charge on any atom is -0.314 e. The topological polar surface area (TPSA) is 17.0 Å². The first-order valence-corrected chi connectivity index (χ1v) is 7.84. The molecule has 1 N–H and O–H groups in total. The van der Waals surface area contributed by atoms with E-state index in [9.17, 15) is 0 Å². The fourth-order valence-electron chi connectivity index (χ4n) is 2.97. The highest BCUT2D eigenvalue weighted by molar-refractivity contribution is 5.80. The Bertz CT molecular complexity index is 855. The van der Waals surface area contributed by atoms with E-state index in [1.165, 1.54) is 22.0 Å². The Labute approximate surface area is 136 Å². The molecule has 0 aliphatic carbocycles. The molecular weight excluding hydrogens is 280 g/mol. The fraction of sp³-hybridized carbons (Fsp3) is 0.0476. The van der Waals surface area contributed by atoms with Gasteiger partial charge in [-0.05, 0) is 23.3 Å². The molecule has 0 fully saturated rings. The van der Waals surface area contributed by atoms with E-state index < -0.39 is 0 Å². The quantitative estimate of drug-likeness (QED) is 0.562. The molecule has 0 saturated heterocycles. The first kappa shape index (κ1) is 13.6. The van der Waals surface area contributed by atoms with E-state index in [4.69, 9.17) is 0 Å². The van der Waals surface area contributed by atoms with Gasteiger partial charge >= 0.3 is 0 Å². The van der Waals surface area contributed by atoms with Crippen molar-refractivity contribution < 1.29 is 0 Å². The van der Waals surface area contributed by atoms with Crippen molar-refractivity contribution in [3.8, 4) is 0 Å². The summed E-state index contributed by atoms with van der Waals surface area (Å²) in [6.07, 6.45) is 2.09. The Hall–Kier alpha value is -3.00. The van der Waals surface area contributed by atoms with Crippen LogP contribution in [0.1, 0.15) is 17.2 Å². The van der Waals surface area contributed by atoms with Crippen LogP contribution in [0, 0.1) is 0 Å². The van der Waals surface area contributed by atoms with Gasteiger partial charge in [-0.2, -0.15) is 0 Å². The van der Waals surface area contributed by atoms with Crippen molar-refractivity contribution in [1.82, 2.24) is 4.68 Å². The Kier molecular flexibility index (Phi) is 3.57. The molecule has 4 aromatic rings. The number of fused-ring (bicyclic) bond motifs is 1. The van der Waals surface area contributed by atoms with Gasteiger partial charge in [0.25, 0.3) is 0 Å². The fourth-order valence-corrected chi connectivity index (χ4v) is 2.97. The van der Waals surface area contributed by atoms with Crippen molar-refractivity contribution >= 4 is 10.9 Å². The highest BCUT2D eigenvalue weighted by atomic mass is 15.4. The summed E-state index contributed by atoms with van der Waals surface area (Å²) in [5.41, 5.74) is 7.33. The summed E-state index contributed by atoms with van der Waals surface area (Å²) in [4.78, 5) is 0. The van der Waals surface area contributed by atoms with Crippen LogP contribution >= 0.6 is 0 Å². The second kappa shape index (κ2) is 6.01. The molecule has 3 aromatic carbocycles. The molecule has 4 rings (SSSR count). The molecule has 0 atom stereocenters. The number of hydrogen-bond donors (Lipinski definition) is 1. The third-order valence-corrected chi connectivity index (χ3v) is 4.13. The van der Waals surface area contributed by atoms with Gasteiger partial charge < -0.3 is 5.43 Å². The number of aromatic nitrogens is 1. The Balaban J connectivity index is 1.77. The molecule has 1 heterocycles. The second-order valence-corrected chi connectivity index (χ2v) is 5.63. The largest absolute Gasteiger partial charge is 0.314 e. The molecular formula is C21H18N2. The summed E-state index contributed by atoms with van der Waals surface area (Å²) >= 11 is 0. The zero-order valence-corrected chi connectivity index (χ0v) is 12.8. The maximum absolute atomic E-state index is 3.65. The Morgan fingerprint density at radius 3 is 1.83 bits per heavy atom. The number of benzene rings is 3. The van der Waals surface area contributed by atoms with Gasteiger partial charge in [0.05, 0.1) is 11.6 Å². The molecule has 0 amide bonds. The Morgan fingerprint density at radius 1 is 0.609 bits per heavy atom. The van der Waals surface area contributed by atoms with Gasteiger partial charge in [-0.15, -0.1) is 0 Å². The highest BCUT2D eigenvalue weighted by Crippen LogP contribution is 2.24. The van der Waals surface area contributed by atoms with E-state index in [1.807, 2.05) is 0 Å². The third kappa shape index (κ3) is 2.71. The maximum Gasteiger partial charge on any atom is 0.0924 e. The lowest BCUT2D eigenvalue weighted by Gasteiger charge is -2.22. The minimum absolute atomic E-state index is 0.105. The van der Waals surface area contributed by atoms with E-state index in [-0.39, 0.29) is 6.04 Å². The lowest BCUT2D eigenvalue weighted by molar-refractivity contribution is 0.777. The predicted octanol–water partition coefficient (Wildman–Crippen LogP) is 4.97. The van der Waals surface area contributed by atoms with Crippen molar-refractivity contribution in [3.63, 3.8) is 0 Å². The van der Waals surface area contributed by atoms with Crippen LogP contribution in [0.15, 0.2) is 97.2 Å². The number of para-hydroxylation sites is 1. The normalized spacial score (nSPS) is 11.0. The average molecular weight is 298 g/mol. The van der Waals surface area contributed by atoms with Crippen LogP contribution in [0.5, 0.6) is 0 Å². The standard InChI is InChI=1S/C21H18N2/c1-3-10-18(11-4-1)21(19-12-5-2-6-13-19)22-23-16-15-17-9-7-8-14-20(17)23/h1-16,21-22H. The summed E-state index contributed by atoms with van der Waals surface area (Å²) in [6.45, 7) is 0. The van der Waals surface area contributed by atoms with Gasteiger partial charge in [-0.1, -0.05) is 78.9 Å². The Morgan fingerprint density at radius 2 is 1.17 bits per heavy atom. The van der Waals surface area contributed by atoms with Crippen molar-refractivity contribution in [2.75, 3.05) is 5.43 Å². The summed E-state index contributed by atoms with van der Waals surface area (Å²) in [5, 5.41) is 1.24. The molecule has 0 aliphatic rings. The van der Waals surface area contributed by atoms with Gasteiger partial charge in [-0.3, -0.25) is 4.68 Å². The average Bonchev–Trinajstić information content (AvgIpc) is 3.04. The summed E-state index contributed by atoms with van der Waals surface area (Å²) in [5.74, 6) is 0. The van der Waals surface area contributed by atoms with E-state index in [0.717, 1.165) is 0 Å². The molecule has 112 valence electrons. The van der Waals surface area contributed by atoms with Gasteiger partial charge in [0, 0.05) is 11.6 Å². The smallest absolute Gasteiger partial charge is 0.0924 e. The summed E-state index contributed by atoms with van der Waals surface area (Å²) in [6, 6.07) is 31.7. The van der Waals surface area contributed by atoms with Crippen LogP contribution in [0.25, 0.3) is 10.9 Å². The lowest BCUT2D eigenvalue weighted by atomic mass is 9.99. The molecule has 1 aromatic heterocycles. The minimum atomic E-state index is 0.105. The monoisotopic (exact) mass is 298 g/mol. The highest BCUT2D eigenvalue weighted by Gasteiger charge is 2.14. The van der Waals surface area contributed by atoms with Crippen molar-refractivity contribution in [2.24, 2.45) is 0 Å². The van der Waals surface area contributed by atoms with Crippen molar-refractivity contribution in [2.45, 2.75) is 6.04 Å². The van der Waals surface area contributed by atoms with E-state index in [0.29, 0.717) is 0 Å². The van der Waals surface area contributed by atoms with Gasteiger partial charge in [0.1, 0.15) is 0 Å². The third-order valence-electron chi connectivity index (χ3n) is 4.13. The van der Waals surface area contributed by atoms with Crippen LogP contribution in [0.3, 0.4) is 0 Å². The molecule has 0 saturated carbocycles. The van der Waals surface area contributed by atoms with Gasteiger partial charge in [-0.25, -0.2) is 0 Å². The number of nitrogens with zero attached hydrogens (tertiary/aromatic N) is 1. The van der Waals surface area contributed by atoms with Crippen LogP contribution in [-0.4, -0.2) is 4.68 Å². The van der Waals surface area contributed by atoms with E-state index in [1.54, 1.807) is 0 Å². The SMILES string of the molecule is c1ccc(C(Nn2ccc3ccccc32)c2ccccc2)cc1. The summed E-state index contributed by atoms with van der Waals surface area (Å²) < 4.78 is 2.11. The van der Waals surface area contributed by atoms with Crippen LogP contribution in [0.4, 0.5) is 0 Å². The lowest BCUT2D eigenvalue weighted by Crippen LogP contribution is -2.21. The zero-order valence-electron chi connectivity index (χ0n) is 12.8. The molecule has 0 spiro atoms. The molecule has 2 nitrogen and oxygen atoms in total. The van der Waals surface area contributed by atoms with E-state index >= 15 is 0 Å². The molecule has 23 heavy (non-hydrogen) atoms. The maximum atomic E-state index is 3.65. The second-order valence-electron chi connectivity index (χ2n) is 5.63. The van der Waals surface area contributed by atoms with Crippen molar-refractivity contribution in [1.29, 1.82) is 0 Å². The molecule has 0 radical (unpaired) electrons. The first-order valence-electron chi connectivity index (χ1n) is 7.84. The zero-order chi connectivity index (χ0) is 15.5. The summed E-state index contributed by atoms with van der Waals surface area (Å²) in [7, 11) is 0. The van der Waals surface area contributed by atoms with Gasteiger partial charge in [0.2, 0.25) is 0 Å². The number of hydrogen-bond acceptors (Lipinski definition) is 1. The van der Waals surface area contributed by atoms with Crippen LogP contribution in [0.2, 0.25) is 0 Å². The van der Waals surface area contributed by atoms with Crippen molar-refractivity contribution in [3.05, 3.63) is 108 Å². The molecule has 0 unspecified atom stereocenters. The molecule has 0 aliphatic heterocycles. The first-order chi connectivity index (χ1) is 11.4. The predicted molar refractivity (Wildman–Crippen MR) is 96.0 cm³/mol. The van der Waals surface area contributed by atoms with Gasteiger partial charge in [0.15, 0.2) is 0 Å². The van der Waals surface area contributed by atoms with E-state index in [2.05, 4.69) is 107 Å². The van der Waals surface area contributed by atoms with Crippen LogP contribution < -0.4 is 5.43 Å².